The van der Waals surface area contributed by atoms with Crippen LogP contribution >= 0.6 is 0 Å². The third-order valence-corrected chi connectivity index (χ3v) is 3.15. The Labute approximate surface area is 86.6 Å². The van der Waals surface area contributed by atoms with Crippen LogP contribution < -0.4 is 10.6 Å². The van der Waals surface area contributed by atoms with Gasteiger partial charge >= 0.3 is 0 Å². The van der Waals surface area contributed by atoms with Gasteiger partial charge in [-0.1, -0.05) is 13.3 Å². The standard InChI is InChI=1S/C11H22N2O/c1-11(6-4-7-11)9-13-8-3-5-10(14)12-2/h13H,3-9H2,1-2H3,(H,12,14). The third kappa shape index (κ3) is 3.66. The van der Waals surface area contributed by atoms with E-state index in [4.69, 9.17) is 0 Å². The van der Waals surface area contributed by atoms with Gasteiger partial charge in [0.05, 0.1) is 0 Å². The van der Waals surface area contributed by atoms with E-state index in [9.17, 15) is 4.79 Å². The number of amides is 1. The van der Waals surface area contributed by atoms with Gasteiger partial charge in [0.1, 0.15) is 0 Å². The van der Waals surface area contributed by atoms with E-state index < -0.39 is 0 Å². The van der Waals surface area contributed by atoms with E-state index in [2.05, 4.69) is 17.6 Å². The molecule has 1 aliphatic rings. The zero-order chi connectivity index (χ0) is 10.4. The summed E-state index contributed by atoms with van der Waals surface area (Å²) in [7, 11) is 1.69. The van der Waals surface area contributed by atoms with Crippen LogP contribution in [0.2, 0.25) is 0 Å². The maximum Gasteiger partial charge on any atom is 0.219 e. The Kier molecular flexibility index (Phi) is 4.39. The lowest BCUT2D eigenvalue weighted by Crippen LogP contribution is -2.37. The Morgan fingerprint density at radius 1 is 1.43 bits per heavy atom. The van der Waals surface area contributed by atoms with Gasteiger partial charge in [-0.15, -0.1) is 0 Å². The van der Waals surface area contributed by atoms with Gasteiger partial charge in [-0.3, -0.25) is 4.79 Å². The second kappa shape index (κ2) is 5.35. The Balaban J connectivity index is 1.91. The molecule has 0 spiro atoms. The second-order valence-electron chi connectivity index (χ2n) is 4.62. The molecule has 0 aromatic carbocycles. The highest BCUT2D eigenvalue weighted by Gasteiger charge is 2.30. The van der Waals surface area contributed by atoms with Crippen molar-refractivity contribution in [3.05, 3.63) is 0 Å². The van der Waals surface area contributed by atoms with Crippen molar-refractivity contribution >= 4 is 5.91 Å². The molecule has 0 aliphatic heterocycles. The molecule has 0 heterocycles. The first-order chi connectivity index (χ1) is 6.66. The minimum absolute atomic E-state index is 0.140. The maximum atomic E-state index is 10.9. The first-order valence-electron chi connectivity index (χ1n) is 5.58. The van der Waals surface area contributed by atoms with Gasteiger partial charge in [-0.2, -0.15) is 0 Å². The minimum Gasteiger partial charge on any atom is -0.359 e. The lowest BCUT2D eigenvalue weighted by molar-refractivity contribution is -0.120. The molecule has 1 aliphatic carbocycles. The summed E-state index contributed by atoms with van der Waals surface area (Å²) >= 11 is 0. The summed E-state index contributed by atoms with van der Waals surface area (Å²) in [6, 6.07) is 0. The van der Waals surface area contributed by atoms with Gasteiger partial charge in [0.25, 0.3) is 0 Å². The molecule has 82 valence electrons. The highest BCUT2D eigenvalue weighted by molar-refractivity contribution is 5.75. The van der Waals surface area contributed by atoms with E-state index in [1.165, 1.54) is 19.3 Å². The van der Waals surface area contributed by atoms with Gasteiger partial charge in [0, 0.05) is 20.0 Å². The fourth-order valence-electron chi connectivity index (χ4n) is 1.85. The van der Waals surface area contributed by atoms with Crippen molar-refractivity contribution in [3.63, 3.8) is 0 Å². The van der Waals surface area contributed by atoms with Crippen LogP contribution in [0, 0.1) is 5.41 Å². The molecule has 0 aromatic rings. The molecule has 0 aromatic heterocycles. The Morgan fingerprint density at radius 3 is 2.64 bits per heavy atom. The predicted octanol–water partition coefficient (Wildman–Crippen LogP) is 1.29. The molecule has 1 rings (SSSR count). The summed E-state index contributed by atoms with van der Waals surface area (Å²) in [6.07, 6.45) is 5.68. The van der Waals surface area contributed by atoms with E-state index in [1.807, 2.05) is 0 Å². The van der Waals surface area contributed by atoms with Gasteiger partial charge in [-0.05, 0) is 31.2 Å². The summed E-state index contributed by atoms with van der Waals surface area (Å²) in [4.78, 5) is 10.9. The van der Waals surface area contributed by atoms with Crippen molar-refractivity contribution in [3.8, 4) is 0 Å². The average molecular weight is 198 g/mol. The Hall–Kier alpha value is -0.570. The second-order valence-corrected chi connectivity index (χ2v) is 4.62. The number of hydrogen-bond acceptors (Lipinski definition) is 2. The van der Waals surface area contributed by atoms with Gasteiger partial charge < -0.3 is 10.6 Å². The highest BCUT2D eigenvalue weighted by Crippen LogP contribution is 2.39. The van der Waals surface area contributed by atoms with E-state index in [-0.39, 0.29) is 5.91 Å². The number of carbonyl (C=O) groups excluding carboxylic acids is 1. The van der Waals surface area contributed by atoms with Crippen LogP contribution in [0.25, 0.3) is 0 Å². The highest BCUT2D eigenvalue weighted by atomic mass is 16.1. The molecule has 3 nitrogen and oxygen atoms in total. The molecule has 0 unspecified atom stereocenters. The number of rotatable bonds is 6. The fourth-order valence-corrected chi connectivity index (χ4v) is 1.85. The number of carbonyl (C=O) groups is 1. The van der Waals surface area contributed by atoms with Gasteiger partial charge in [0.2, 0.25) is 5.91 Å². The van der Waals surface area contributed by atoms with Gasteiger partial charge in [-0.25, -0.2) is 0 Å². The van der Waals surface area contributed by atoms with E-state index in [0.29, 0.717) is 11.8 Å². The molecular formula is C11H22N2O. The zero-order valence-corrected chi connectivity index (χ0v) is 9.36. The summed E-state index contributed by atoms with van der Waals surface area (Å²) in [5, 5.41) is 6.06. The predicted molar refractivity (Wildman–Crippen MR) is 58.1 cm³/mol. The summed E-state index contributed by atoms with van der Waals surface area (Å²) < 4.78 is 0. The molecule has 0 radical (unpaired) electrons. The first kappa shape index (κ1) is 11.5. The zero-order valence-electron chi connectivity index (χ0n) is 9.36. The molecule has 0 saturated heterocycles. The first-order valence-corrected chi connectivity index (χ1v) is 5.58. The maximum absolute atomic E-state index is 10.9. The van der Waals surface area contributed by atoms with Crippen molar-refractivity contribution in [2.45, 2.75) is 39.0 Å². The lowest BCUT2D eigenvalue weighted by atomic mass is 9.70. The molecule has 3 heteroatoms. The molecule has 0 bridgehead atoms. The van der Waals surface area contributed by atoms with Crippen LogP contribution in [0.5, 0.6) is 0 Å². The van der Waals surface area contributed by atoms with Crippen molar-refractivity contribution in [1.29, 1.82) is 0 Å². The Bertz CT molecular complexity index is 188. The smallest absolute Gasteiger partial charge is 0.219 e. The third-order valence-electron chi connectivity index (χ3n) is 3.15. The van der Waals surface area contributed by atoms with Crippen LogP contribution in [0.3, 0.4) is 0 Å². The number of hydrogen-bond donors (Lipinski definition) is 2. The fraction of sp³-hybridized carbons (Fsp3) is 0.909. The van der Waals surface area contributed by atoms with E-state index in [0.717, 1.165) is 19.5 Å². The van der Waals surface area contributed by atoms with Crippen molar-refractivity contribution in [1.82, 2.24) is 10.6 Å². The minimum atomic E-state index is 0.140. The average Bonchev–Trinajstić information content (AvgIpc) is 2.14. The van der Waals surface area contributed by atoms with E-state index in [1.54, 1.807) is 7.05 Å². The molecule has 2 N–H and O–H groups in total. The molecular weight excluding hydrogens is 176 g/mol. The van der Waals surface area contributed by atoms with Crippen molar-refractivity contribution < 1.29 is 4.79 Å². The molecule has 1 amide bonds. The Morgan fingerprint density at radius 2 is 2.14 bits per heavy atom. The molecule has 14 heavy (non-hydrogen) atoms. The van der Waals surface area contributed by atoms with Crippen LogP contribution in [-0.2, 0) is 4.79 Å². The van der Waals surface area contributed by atoms with E-state index >= 15 is 0 Å². The van der Waals surface area contributed by atoms with Gasteiger partial charge in [0.15, 0.2) is 0 Å². The topological polar surface area (TPSA) is 41.1 Å². The van der Waals surface area contributed by atoms with Crippen LogP contribution in [-0.4, -0.2) is 26.0 Å². The summed E-state index contributed by atoms with van der Waals surface area (Å²) in [5.74, 6) is 0.140. The lowest BCUT2D eigenvalue weighted by Gasteiger charge is -2.38. The van der Waals surface area contributed by atoms with Crippen LogP contribution in [0.15, 0.2) is 0 Å². The molecule has 1 saturated carbocycles. The van der Waals surface area contributed by atoms with Crippen molar-refractivity contribution in [2.24, 2.45) is 5.41 Å². The number of nitrogens with one attached hydrogen (secondary N) is 2. The molecule has 1 fully saturated rings. The quantitative estimate of drug-likeness (QED) is 0.631. The normalized spacial score (nSPS) is 18.7. The summed E-state index contributed by atoms with van der Waals surface area (Å²) in [6.45, 7) is 4.41. The monoisotopic (exact) mass is 198 g/mol. The SMILES string of the molecule is CNC(=O)CCCNCC1(C)CCC1. The van der Waals surface area contributed by atoms with Crippen LogP contribution in [0.1, 0.15) is 39.0 Å². The summed E-state index contributed by atoms with van der Waals surface area (Å²) in [5.41, 5.74) is 0.549. The van der Waals surface area contributed by atoms with Crippen molar-refractivity contribution in [2.75, 3.05) is 20.1 Å². The van der Waals surface area contributed by atoms with Crippen LogP contribution in [0.4, 0.5) is 0 Å². The molecule has 0 atom stereocenters. The largest absolute Gasteiger partial charge is 0.359 e.